The molecule has 0 unspecified atom stereocenters. The number of rotatable bonds is 4. The van der Waals surface area contributed by atoms with Gasteiger partial charge in [-0.05, 0) is 26.0 Å². The summed E-state index contributed by atoms with van der Waals surface area (Å²) in [5, 5.41) is 13.9. The number of pyridine rings is 1. The highest BCUT2D eigenvalue weighted by Gasteiger charge is 2.37. The van der Waals surface area contributed by atoms with Crippen molar-refractivity contribution in [2.45, 2.75) is 26.3 Å². The Labute approximate surface area is 135 Å². The number of hydrogen-bond acceptors (Lipinski definition) is 4. The minimum atomic E-state index is -0.0147. The number of hydrogen-bond donors (Lipinski definition) is 1. The normalized spacial score (nSPS) is 20.9. The lowest BCUT2D eigenvalue weighted by atomic mass is 9.93. The summed E-state index contributed by atoms with van der Waals surface area (Å²) in [4.78, 5) is 19.0. The number of amides is 1. The molecule has 1 aliphatic rings. The molecular formula is C17H22N4O2. The first-order valence-corrected chi connectivity index (χ1v) is 7.99. The Hall–Kier alpha value is -2.21. The number of aryl methyl sites for hydroxylation is 1. The highest BCUT2D eigenvalue weighted by Crippen LogP contribution is 2.32. The van der Waals surface area contributed by atoms with Crippen molar-refractivity contribution in [2.24, 2.45) is 5.92 Å². The molecule has 23 heavy (non-hydrogen) atoms. The second kappa shape index (κ2) is 6.50. The van der Waals surface area contributed by atoms with Gasteiger partial charge in [0.1, 0.15) is 0 Å². The maximum absolute atomic E-state index is 12.8. The number of aromatic nitrogens is 3. The molecule has 0 aromatic carbocycles. The fourth-order valence-corrected chi connectivity index (χ4v) is 3.30. The Morgan fingerprint density at radius 2 is 2.22 bits per heavy atom. The van der Waals surface area contributed by atoms with Gasteiger partial charge in [-0.25, -0.2) is 0 Å². The Morgan fingerprint density at radius 1 is 1.39 bits per heavy atom. The van der Waals surface area contributed by atoms with E-state index in [9.17, 15) is 9.90 Å². The van der Waals surface area contributed by atoms with Crippen molar-refractivity contribution in [3.8, 4) is 0 Å². The summed E-state index contributed by atoms with van der Waals surface area (Å²) in [6.07, 6.45) is 3.40. The molecule has 3 heterocycles. The predicted molar refractivity (Wildman–Crippen MR) is 86.1 cm³/mol. The molecule has 0 spiro atoms. The first-order valence-electron chi connectivity index (χ1n) is 7.99. The molecule has 0 saturated carbocycles. The fourth-order valence-electron chi connectivity index (χ4n) is 3.30. The molecule has 0 radical (unpaired) electrons. The Bertz CT molecular complexity index is 683. The minimum Gasteiger partial charge on any atom is -0.396 e. The van der Waals surface area contributed by atoms with Gasteiger partial charge in [0.25, 0.3) is 5.91 Å². The largest absolute Gasteiger partial charge is 0.396 e. The van der Waals surface area contributed by atoms with Gasteiger partial charge >= 0.3 is 0 Å². The molecule has 2 aromatic heterocycles. The molecule has 1 aliphatic heterocycles. The van der Waals surface area contributed by atoms with E-state index in [1.807, 2.05) is 41.6 Å². The molecule has 6 heteroatoms. The van der Waals surface area contributed by atoms with Gasteiger partial charge in [0.15, 0.2) is 0 Å². The van der Waals surface area contributed by atoms with Gasteiger partial charge in [0.05, 0.1) is 11.8 Å². The zero-order valence-corrected chi connectivity index (χ0v) is 13.5. The Balaban J connectivity index is 1.81. The van der Waals surface area contributed by atoms with E-state index in [1.165, 1.54) is 0 Å². The topological polar surface area (TPSA) is 71.2 Å². The van der Waals surface area contributed by atoms with Crippen LogP contribution in [0.15, 0.2) is 30.6 Å². The summed E-state index contributed by atoms with van der Waals surface area (Å²) >= 11 is 0. The third-order valence-electron chi connectivity index (χ3n) is 4.66. The molecule has 2 atom stereocenters. The molecule has 1 N–H and O–H groups in total. The lowest BCUT2D eigenvalue weighted by molar-refractivity contribution is 0.0780. The van der Waals surface area contributed by atoms with Crippen LogP contribution in [0, 0.1) is 12.8 Å². The third-order valence-corrected chi connectivity index (χ3v) is 4.66. The molecule has 1 fully saturated rings. The van der Waals surface area contributed by atoms with Gasteiger partial charge in [-0.3, -0.25) is 14.5 Å². The van der Waals surface area contributed by atoms with Gasteiger partial charge < -0.3 is 10.0 Å². The van der Waals surface area contributed by atoms with Crippen LogP contribution >= 0.6 is 0 Å². The predicted octanol–water partition coefficient (Wildman–Crippen LogP) is 1.45. The summed E-state index contributed by atoms with van der Waals surface area (Å²) in [6, 6.07) is 5.77. The summed E-state index contributed by atoms with van der Waals surface area (Å²) in [5.74, 6) is 0.0844. The van der Waals surface area contributed by atoms with Crippen molar-refractivity contribution in [1.82, 2.24) is 19.7 Å². The van der Waals surface area contributed by atoms with Crippen molar-refractivity contribution in [3.63, 3.8) is 0 Å². The summed E-state index contributed by atoms with van der Waals surface area (Å²) in [7, 11) is 0. The van der Waals surface area contributed by atoms with Crippen LogP contribution in [0.25, 0.3) is 0 Å². The highest BCUT2D eigenvalue weighted by molar-refractivity contribution is 5.95. The monoisotopic (exact) mass is 314 g/mol. The maximum atomic E-state index is 12.8. The van der Waals surface area contributed by atoms with Gasteiger partial charge in [-0.1, -0.05) is 6.07 Å². The molecule has 6 nitrogen and oxygen atoms in total. The first-order chi connectivity index (χ1) is 11.2. The first kappa shape index (κ1) is 15.7. The van der Waals surface area contributed by atoms with Gasteiger partial charge in [0.2, 0.25) is 0 Å². The van der Waals surface area contributed by atoms with E-state index in [0.717, 1.165) is 17.9 Å². The van der Waals surface area contributed by atoms with E-state index in [0.29, 0.717) is 18.7 Å². The van der Waals surface area contributed by atoms with Crippen LogP contribution in [-0.2, 0) is 6.54 Å². The van der Waals surface area contributed by atoms with Crippen LogP contribution in [0.3, 0.4) is 0 Å². The highest BCUT2D eigenvalue weighted by atomic mass is 16.3. The molecule has 1 amide bonds. The zero-order chi connectivity index (χ0) is 16.4. The van der Waals surface area contributed by atoms with Gasteiger partial charge in [-0.15, -0.1) is 0 Å². The van der Waals surface area contributed by atoms with E-state index in [-0.39, 0.29) is 24.3 Å². The number of aliphatic hydroxyl groups excluding tert-OH is 1. The zero-order valence-electron chi connectivity index (χ0n) is 13.5. The van der Waals surface area contributed by atoms with E-state index in [1.54, 1.807) is 12.4 Å². The average Bonchev–Trinajstić information content (AvgIpc) is 3.18. The van der Waals surface area contributed by atoms with Crippen LogP contribution in [-0.4, -0.2) is 50.4 Å². The lowest BCUT2D eigenvalue weighted by Crippen LogP contribution is -2.29. The Kier molecular flexibility index (Phi) is 4.43. The van der Waals surface area contributed by atoms with Crippen LogP contribution in [0.2, 0.25) is 0 Å². The van der Waals surface area contributed by atoms with Gasteiger partial charge in [0, 0.05) is 55.7 Å². The van der Waals surface area contributed by atoms with E-state index in [4.69, 9.17) is 0 Å². The second-order valence-corrected chi connectivity index (χ2v) is 5.97. The quantitative estimate of drug-likeness (QED) is 0.927. The summed E-state index contributed by atoms with van der Waals surface area (Å²) in [6.45, 7) is 5.85. The number of likely N-dealkylation sites (tertiary alicyclic amines) is 1. The Morgan fingerprint density at radius 3 is 2.83 bits per heavy atom. The van der Waals surface area contributed by atoms with E-state index < -0.39 is 0 Å². The molecular weight excluding hydrogens is 292 g/mol. The average molecular weight is 314 g/mol. The maximum Gasteiger partial charge on any atom is 0.257 e. The standard InChI is InChI=1S/C17H22N4O2/c1-3-21-12(2)14(8-19-21)17(23)20-9-13(11-22)15(10-20)16-6-4-5-7-18-16/h4-8,13,15,22H,3,9-11H2,1-2H3/t13-,15+/m0/s1. The lowest BCUT2D eigenvalue weighted by Gasteiger charge is -2.16. The number of carbonyl (C=O) groups is 1. The van der Waals surface area contributed by atoms with Crippen molar-refractivity contribution in [3.05, 3.63) is 47.5 Å². The number of nitrogens with zero attached hydrogens (tertiary/aromatic N) is 4. The molecule has 1 saturated heterocycles. The molecule has 122 valence electrons. The van der Waals surface area contributed by atoms with Crippen LogP contribution in [0.5, 0.6) is 0 Å². The summed E-state index contributed by atoms with van der Waals surface area (Å²) < 4.78 is 1.82. The van der Waals surface area contributed by atoms with Crippen molar-refractivity contribution >= 4 is 5.91 Å². The SMILES string of the molecule is CCn1ncc(C(=O)N2C[C@@H](CO)[C@H](c3ccccn3)C2)c1C. The number of aliphatic hydroxyl groups is 1. The van der Waals surface area contributed by atoms with Crippen LogP contribution < -0.4 is 0 Å². The smallest absolute Gasteiger partial charge is 0.257 e. The second-order valence-electron chi connectivity index (χ2n) is 5.97. The molecule has 0 aliphatic carbocycles. The number of carbonyl (C=O) groups excluding carboxylic acids is 1. The summed E-state index contributed by atoms with van der Waals surface area (Å²) in [5.41, 5.74) is 2.47. The fraction of sp³-hybridized carbons (Fsp3) is 0.471. The van der Waals surface area contributed by atoms with E-state index >= 15 is 0 Å². The van der Waals surface area contributed by atoms with E-state index in [2.05, 4.69) is 10.1 Å². The van der Waals surface area contributed by atoms with Crippen molar-refractivity contribution in [1.29, 1.82) is 0 Å². The molecule has 2 aromatic rings. The third kappa shape index (κ3) is 2.86. The molecule has 3 rings (SSSR count). The van der Waals surface area contributed by atoms with Crippen LogP contribution in [0.4, 0.5) is 0 Å². The van der Waals surface area contributed by atoms with Gasteiger partial charge in [-0.2, -0.15) is 5.10 Å². The molecule has 0 bridgehead atoms. The van der Waals surface area contributed by atoms with Crippen molar-refractivity contribution < 1.29 is 9.90 Å². The minimum absolute atomic E-state index is 0.0147. The van der Waals surface area contributed by atoms with Crippen LogP contribution in [0.1, 0.15) is 34.6 Å². The van der Waals surface area contributed by atoms with Crippen molar-refractivity contribution in [2.75, 3.05) is 19.7 Å².